The maximum absolute atomic E-state index is 13.3. The summed E-state index contributed by atoms with van der Waals surface area (Å²) in [5.41, 5.74) is 0.710. The Labute approximate surface area is 114 Å². The van der Waals surface area contributed by atoms with Crippen molar-refractivity contribution >= 4 is 33.2 Å². The molecule has 1 aromatic heterocycles. The Bertz CT molecular complexity index is 587. The molecule has 2 aromatic rings. The molecule has 0 bridgehead atoms. The molecular formula is C11H7BrFNO3S. The summed E-state index contributed by atoms with van der Waals surface area (Å²) < 4.78 is 13.9. The van der Waals surface area contributed by atoms with Crippen molar-refractivity contribution in [3.8, 4) is 5.75 Å². The molecule has 0 aliphatic carbocycles. The summed E-state index contributed by atoms with van der Waals surface area (Å²) in [5, 5.41) is 1.86. The molecule has 18 heavy (non-hydrogen) atoms. The molecule has 0 aliphatic rings. The van der Waals surface area contributed by atoms with E-state index < -0.39 is 11.8 Å². The van der Waals surface area contributed by atoms with Crippen LogP contribution in [0.15, 0.2) is 28.1 Å². The molecule has 0 spiro atoms. The fourth-order valence-electron chi connectivity index (χ4n) is 1.11. The number of rotatable bonds is 3. The number of nitrogens with zero attached hydrogens (tertiary/aromatic N) is 1. The van der Waals surface area contributed by atoms with Crippen LogP contribution in [0.1, 0.15) is 15.5 Å². The standard InChI is InChI=1S/C11H7BrFNO3S/c1-6-5-18-10(14-6)11(15)17-16-9-3-2-7(12)4-8(9)13/h2-5H,1H3. The predicted molar refractivity (Wildman–Crippen MR) is 67.0 cm³/mol. The van der Waals surface area contributed by atoms with Crippen LogP contribution >= 0.6 is 27.3 Å². The van der Waals surface area contributed by atoms with Crippen molar-refractivity contribution in [1.29, 1.82) is 0 Å². The lowest BCUT2D eigenvalue weighted by Crippen LogP contribution is -2.08. The zero-order valence-electron chi connectivity index (χ0n) is 9.15. The third-order valence-electron chi connectivity index (χ3n) is 1.89. The quantitative estimate of drug-likeness (QED) is 0.638. The highest BCUT2D eigenvalue weighted by Gasteiger charge is 2.15. The highest BCUT2D eigenvalue weighted by molar-refractivity contribution is 9.10. The van der Waals surface area contributed by atoms with Crippen molar-refractivity contribution in [3.05, 3.63) is 44.6 Å². The number of hydrogen-bond donors (Lipinski definition) is 0. The first kappa shape index (κ1) is 13.0. The van der Waals surface area contributed by atoms with Gasteiger partial charge < -0.3 is 0 Å². The summed E-state index contributed by atoms with van der Waals surface area (Å²) in [5.74, 6) is -1.55. The van der Waals surface area contributed by atoms with Crippen molar-refractivity contribution < 1.29 is 19.0 Å². The van der Waals surface area contributed by atoms with E-state index in [1.807, 2.05) is 0 Å². The summed E-state index contributed by atoms with van der Waals surface area (Å²) in [6.45, 7) is 1.75. The van der Waals surface area contributed by atoms with Crippen molar-refractivity contribution in [1.82, 2.24) is 4.98 Å². The van der Waals surface area contributed by atoms with Gasteiger partial charge in [-0.15, -0.1) is 11.3 Å². The van der Waals surface area contributed by atoms with Gasteiger partial charge in [0.05, 0.1) is 0 Å². The molecule has 0 amide bonds. The second-order valence-corrected chi connectivity index (χ2v) is 5.10. The summed E-state index contributed by atoms with van der Waals surface area (Å²) in [6, 6.07) is 4.12. The first-order valence-corrected chi connectivity index (χ1v) is 6.49. The van der Waals surface area contributed by atoms with Gasteiger partial charge in [-0.25, -0.2) is 19.1 Å². The summed E-state index contributed by atoms with van der Waals surface area (Å²) >= 11 is 4.24. The number of aryl methyl sites for hydroxylation is 1. The van der Waals surface area contributed by atoms with Crippen molar-refractivity contribution in [2.75, 3.05) is 0 Å². The van der Waals surface area contributed by atoms with E-state index in [2.05, 4.69) is 30.7 Å². The van der Waals surface area contributed by atoms with Gasteiger partial charge in [-0.2, -0.15) is 0 Å². The lowest BCUT2D eigenvalue weighted by molar-refractivity contribution is -0.151. The molecule has 7 heteroatoms. The fraction of sp³-hybridized carbons (Fsp3) is 0.0909. The van der Waals surface area contributed by atoms with Gasteiger partial charge in [0, 0.05) is 15.5 Å². The van der Waals surface area contributed by atoms with E-state index in [4.69, 9.17) is 0 Å². The fourth-order valence-corrected chi connectivity index (χ4v) is 2.10. The Morgan fingerprint density at radius 2 is 2.28 bits per heavy atom. The average molecular weight is 332 g/mol. The van der Waals surface area contributed by atoms with Gasteiger partial charge in [0.2, 0.25) is 10.8 Å². The first-order chi connectivity index (χ1) is 8.56. The Balaban J connectivity index is 2.01. The predicted octanol–water partition coefficient (Wildman–Crippen LogP) is 3.50. The largest absolute Gasteiger partial charge is 0.414 e. The summed E-state index contributed by atoms with van der Waals surface area (Å²) in [6.07, 6.45) is 0. The molecule has 0 atom stereocenters. The Kier molecular flexibility index (Phi) is 3.93. The van der Waals surface area contributed by atoms with Crippen LogP contribution in [-0.2, 0) is 4.89 Å². The van der Waals surface area contributed by atoms with E-state index in [1.54, 1.807) is 18.4 Å². The molecule has 0 N–H and O–H groups in total. The second kappa shape index (κ2) is 5.45. The zero-order chi connectivity index (χ0) is 13.1. The Morgan fingerprint density at radius 1 is 1.50 bits per heavy atom. The molecular weight excluding hydrogens is 325 g/mol. The number of carbonyl (C=O) groups is 1. The maximum atomic E-state index is 13.3. The molecule has 94 valence electrons. The molecule has 1 heterocycles. The highest BCUT2D eigenvalue weighted by Crippen LogP contribution is 2.22. The number of thiazole rings is 1. The smallest absolute Gasteiger partial charge is 0.283 e. The van der Waals surface area contributed by atoms with E-state index in [1.165, 1.54) is 12.1 Å². The van der Waals surface area contributed by atoms with Crippen LogP contribution in [-0.4, -0.2) is 11.0 Å². The van der Waals surface area contributed by atoms with E-state index in [0.29, 0.717) is 10.2 Å². The number of carbonyl (C=O) groups excluding carboxylic acids is 1. The van der Waals surface area contributed by atoms with Gasteiger partial charge in [-0.05, 0) is 25.1 Å². The van der Waals surface area contributed by atoms with E-state index in [9.17, 15) is 9.18 Å². The number of hydrogen-bond acceptors (Lipinski definition) is 5. The number of aromatic nitrogens is 1. The monoisotopic (exact) mass is 331 g/mol. The van der Waals surface area contributed by atoms with Gasteiger partial charge in [0.25, 0.3) is 0 Å². The molecule has 0 aliphatic heterocycles. The molecule has 4 nitrogen and oxygen atoms in total. The summed E-state index contributed by atoms with van der Waals surface area (Å²) in [7, 11) is 0. The van der Waals surface area contributed by atoms with Gasteiger partial charge in [0.15, 0.2) is 5.82 Å². The van der Waals surface area contributed by atoms with E-state index in [-0.39, 0.29) is 10.8 Å². The maximum Gasteiger partial charge on any atom is 0.414 e. The van der Waals surface area contributed by atoms with Crippen LogP contribution in [0.2, 0.25) is 0 Å². The van der Waals surface area contributed by atoms with Gasteiger partial charge >= 0.3 is 5.97 Å². The molecule has 0 saturated carbocycles. The molecule has 0 unspecified atom stereocenters. The number of halogens is 2. The van der Waals surface area contributed by atoms with Gasteiger partial charge in [0.1, 0.15) is 0 Å². The zero-order valence-corrected chi connectivity index (χ0v) is 11.5. The van der Waals surface area contributed by atoms with Gasteiger partial charge in [-0.3, -0.25) is 4.89 Å². The normalized spacial score (nSPS) is 10.2. The Hall–Kier alpha value is -1.47. The van der Waals surface area contributed by atoms with E-state index in [0.717, 1.165) is 11.3 Å². The first-order valence-electron chi connectivity index (χ1n) is 4.82. The SMILES string of the molecule is Cc1csc(C(=O)OOc2ccc(Br)cc2F)n1. The molecule has 0 saturated heterocycles. The molecule has 2 rings (SSSR count). The van der Waals surface area contributed by atoms with Crippen LogP contribution in [0.5, 0.6) is 5.75 Å². The van der Waals surface area contributed by atoms with Crippen molar-refractivity contribution in [2.45, 2.75) is 6.92 Å². The van der Waals surface area contributed by atoms with Crippen LogP contribution in [0.4, 0.5) is 4.39 Å². The van der Waals surface area contributed by atoms with Crippen LogP contribution in [0.25, 0.3) is 0 Å². The van der Waals surface area contributed by atoms with E-state index >= 15 is 0 Å². The third-order valence-corrected chi connectivity index (χ3v) is 3.33. The second-order valence-electron chi connectivity index (χ2n) is 3.32. The van der Waals surface area contributed by atoms with Crippen molar-refractivity contribution in [3.63, 3.8) is 0 Å². The van der Waals surface area contributed by atoms with Gasteiger partial charge in [-0.1, -0.05) is 15.9 Å². The minimum Gasteiger partial charge on any atom is -0.283 e. The highest BCUT2D eigenvalue weighted by atomic mass is 79.9. The van der Waals surface area contributed by atoms with Crippen LogP contribution in [0, 0.1) is 12.7 Å². The summed E-state index contributed by atoms with van der Waals surface area (Å²) in [4.78, 5) is 24.5. The van der Waals surface area contributed by atoms with Crippen molar-refractivity contribution in [2.24, 2.45) is 0 Å². The lowest BCUT2D eigenvalue weighted by Gasteiger charge is -2.03. The third kappa shape index (κ3) is 3.05. The van der Waals surface area contributed by atoms with Crippen LogP contribution in [0.3, 0.4) is 0 Å². The Morgan fingerprint density at radius 3 is 2.89 bits per heavy atom. The average Bonchev–Trinajstić information content (AvgIpc) is 2.74. The minimum absolute atomic E-state index is 0.157. The minimum atomic E-state index is -0.754. The number of benzene rings is 1. The topological polar surface area (TPSA) is 48.4 Å². The molecule has 0 fully saturated rings. The van der Waals surface area contributed by atoms with Crippen LogP contribution < -0.4 is 4.89 Å². The molecule has 0 radical (unpaired) electrons. The molecule has 1 aromatic carbocycles. The lowest BCUT2D eigenvalue weighted by atomic mass is 10.3.